The van der Waals surface area contributed by atoms with Gasteiger partial charge in [-0.1, -0.05) is 11.2 Å². The summed E-state index contributed by atoms with van der Waals surface area (Å²) in [5.41, 5.74) is 1.59. The third-order valence-electron chi connectivity index (χ3n) is 1.83. The molecular formula is C10H8N2O3. The van der Waals surface area contributed by atoms with Crippen molar-refractivity contribution in [3.05, 3.63) is 42.3 Å². The predicted octanol–water partition coefficient (Wildman–Crippen LogP) is 2.12. The van der Waals surface area contributed by atoms with E-state index in [1.807, 2.05) is 0 Å². The molecule has 0 aliphatic rings. The van der Waals surface area contributed by atoms with Gasteiger partial charge in [0.1, 0.15) is 6.26 Å². The number of hydrogen-bond acceptors (Lipinski definition) is 4. The van der Waals surface area contributed by atoms with Crippen LogP contribution in [0.1, 0.15) is 10.4 Å². The molecule has 0 unspecified atom stereocenters. The summed E-state index contributed by atoms with van der Waals surface area (Å²) in [7, 11) is 0. The molecule has 0 aliphatic carbocycles. The number of hydrogen-bond donors (Lipinski definition) is 2. The van der Waals surface area contributed by atoms with Crippen molar-refractivity contribution >= 4 is 17.3 Å². The molecule has 0 spiro atoms. The Kier molecular flexibility index (Phi) is 2.37. The summed E-state index contributed by atoms with van der Waals surface area (Å²) in [5, 5.41) is 15.3. The van der Waals surface area contributed by atoms with Crippen molar-refractivity contribution < 1.29 is 14.4 Å². The van der Waals surface area contributed by atoms with Gasteiger partial charge in [0.25, 0.3) is 0 Å². The lowest BCUT2D eigenvalue weighted by atomic mass is 10.2. The fraction of sp³-hybridized carbons (Fsp3) is 0. The lowest BCUT2D eigenvalue weighted by Crippen LogP contribution is -1.97. The molecule has 1 aromatic carbocycles. The van der Waals surface area contributed by atoms with E-state index in [-0.39, 0.29) is 5.56 Å². The molecule has 0 radical (unpaired) electrons. The van der Waals surface area contributed by atoms with Crippen molar-refractivity contribution in [2.75, 3.05) is 5.32 Å². The van der Waals surface area contributed by atoms with E-state index in [9.17, 15) is 4.79 Å². The van der Waals surface area contributed by atoms with Gasteiger partial charge in [0.15, 0.2) is 0 Å². The molecule has 0 amide bonds. The quantitative estimate of drug-likeness (QED) is 0.800. The fourth-order valence-electron chi connectivity index (χ4n) is 1.16. The molecule has 0 atom stereocenters. The van der Waals surface area contributed by atoms with Crippen LogP contribution in [0.15, 0.2) is 41.2 Å². The normalized spacial score (nSPS) is 9.87. The Labute approximate surface area is 85.3 Å². The summed E-state index contributed by atoms with van der Waals surface area (Å²) in [6.45, 7) is 0. The van der Waals surface area contributed by atoms with E-state index in [4.69, 9.17) is 5.11 Å². The van der Waals surface area contributed by atoms with E-state index in [1.165, 1.54) is 24.6 Å². The summed E-state index contributed by atoms with van der Waals surface area (Å²) >= 11 is 0. The fourth-order valence-corrected chi connectivity index (χ4v) is 1.16. The maximum Gasteiger partial charge on any atom is 0.335 e. The second-order valence-electron chi connectivity index (χ2n) is 2.92. The van der Waals surface area contributed by atoms with E-state index in [2.05, 4.69) is 15.0 Å². The first-order valence-electron chi connectivity index (χ1n) is 4.25. The number of nitrogens with zero attached hydrogens (tertiary/aromatic N) is 1. The van der Waals surface area contributed by atoms with Crippen molar-refractivity contribution in [2.45, 2.75) is 0 Å². The maximum atomic E-state index is 10.7. The van der Waals surface area contributed by atoms with Gasteiger partial charge in [-0.2, -0.15) is 0 Å². The van der Waals surface area contributed by atoms with Crippen molar-refractivity contribution in [3.63, 3.8) is 0 Å². The topological polar surface area (TPSA) is 75.4 Å². The number of carboxylic acids is 1. The standard InChI is InChI=1S/C10H8N2O3/c13-10(14)7-2-1-3-8(4-7)12-9-5-11-15-6-9/h1-6,12H,(H,13,14). The summed E-state index contributed by atoms with van der Waals surface area (Å²) in [6, 6.07) is 6.50. The molecule has 0 saturated carbocycles. The van der Waals surface area contributed by atoms with Gasteiger partial charge in [0.2, 0.25) is 0 Å². The van der Waals surface area contributed by atoms with Crippen LogP contribution in [0, 0.1) is 0 Å². The Morgan fingerprint density at radius 3 is 2.93 bits per heavy atom. The molecule has 0 saturated heterocycles. The van der Waals surface area contributed by atoms with Gasteiger partial charge in [-0.05, 0) is 18.2 Å². The number of aromatic nitrogens is 1. The molecule has 0 fully saturated rings. The second kappa shape index (κ2) is 3.83. The highest BCUT2D eigenvalue weighted by Crippen LogP contribution is 2.16. The Balaban J connectivity index is 2.22. The Bertz CT molecular complexity index is 465. The molecule has 2 aromatic rings. The first kappa shape index (κ1) is 9.26. The lowest BCUT2D eigenvalue weighted by molar-refractivity contribution is 0.0697. The van der Waals surface area contributed by atoms with Crippen LogP contribution in [0.4, 0.5) is 11.4 Å². The summed E-state index contributed by atoms with van der Waals surface area (Å²) in [6.07, 6.45) is 2.95. The van der Waals surface area contributed by atoms with Crippen molar-refractivity contribution in [3.8, 4) is 0 Å². The molecule has 5 nitrogen and oxygen atoms in total. The second-order valence-corrected chi connectivity index (χ2v) is 2.92. The largest absolute Gasteiger partial charge is 0.478 e. The summed E-state index contributed by atoms with van der Waals surface area (Å²) in [4.78, 5) is 10.7. The number of benzene rings is 1. The van der Waals surface area contributed by atoms with Crippen LogP contribution in [0.25, 0.3) is 0 Å². The van der Waals surface area contributed by atoms with Gasteiger partial charge < -0.3 is 14.9 Å². The van der Waals surface area contributed by atoms with E-state index in [0.29, 0.717) is 11.4 Å². The van der Waals surface area contributed by atoms with Crippen LogP contribution in [0.2, 0.25) is 0 Å². The highest BCUT2D eigenvalue weighted by molar-refractivity contribution is 5.89. The SMILES string of the molecule is O=C(O)c1cccc(Nc2cnoc2)c1. The molecule has 0 bridgehead atoms. The number of nitrogens with one attached hydrogen (secondary N) is 1. The lowest BCUT2D eigenvalue weighted by Gasteiger charge is -2.02. The van der Waals surface area contributed by atoms with Crippen LogP contribution in [-0.2, 0) is 0 Å². The zero-order valence-corrected chi connectivity index (χ0v) is 7.68. The highest BCUT2D eigenvalue weighted by atomic mass is 16.5. The van der Waals surface area contributed by atoms with Crippen LogP contribution in [-0.4, -0.2) is 16.2 Å². The van der Waals surface area contributed by atoms with Crippen LogP contribution >= 0.6 is 0 Å². The van der Waals surface area contributed by atoms with Gasteiger partial charge >= 0.3 is 5.97 Å². The number of carbonyl (C=O) groups is 1. The third kappa shape index (κ3) is 2.14. The number of carboxylic acid groups (broad SMARTS) is 1. The Morgan fingerprint density at radius 1 is 1.40 bits per heavy atom. The molecule has 15 heavy (non-hydrogen) atoms. The Morgan fingerprint density at radius 2 is 2.27 bits per heavy atom. The number of aromatic carboxylic acids is 1. The van der Waals surface area contributed by atoms with E-state index < -0.39 is 5.97 Å². The zero-order valence-electron chi connectivity index (χ0n) is 7.68. The van der Waals surface area contributed by atoms with Crippen LogP contribution in [0.3, 0.4) is 0 Å². The molecule has 1 heterocycles. The molecule has 1 aromatic heterocycles. The van der Waals surface area contributed by atoms with E-state index >= 15 is 0 Å². The zero-order chi connectivity index (χ0) is 10.7. The van der Waals surface area contributed by atoms with Gasteiger partial charge in [-0.15, -0.1) is 0 Å². The third-order valence-corrected chi connectivity index (χ3v) is 1.83. The molecular weight excluding hydrogens is 196 g/mol. The van der Waals surface area contributed by atoms with E-state index in [1.54, 1.807) is 12.1 Å². The molecule has 5 heteroatoms. The van der Waals surface area contributed by atoms with Crippen molar-refractivity contribution in [2.24, 2.45) is 0 Å². The van der Waals surface area contributed by atoms with Crippen LogP contribution < -0.4 is 5.32 Å². The average molecular weight is 204 g/mol. The first-order chi connectivity index (χ1) is 7.25. The van der Waals surface area contributed by atoms with Crippen molar-refractivity contribution in [1.82, 2.24) is 5.16 Å². The maximum absolute atomic E-state index is 10.7. The molecule has 0 aliphatic heterocycles. The average Bonchev–Trinajstić information content (AvgIpc) is 2.71. The monoisotopic (exact) mass is 204 g/mol. The summed E-state index contributed by atoms with van der Waals surface area (Å²) < 4.78 is 4.64. The first-order valence-corrected chi connectivity index (χ1v) is 4.25. The van der Waals surface area contributed by atoms with Gasteiger partial charge in [-0.3, -0.25) is 0 Å². The van der Waals surface area contributed by atoms with Crippen LogP contribution in [0.5, 0.6) is 0 Å². The minimum absolute atomic E-state index is 0.233. The van der Waals surface area contributed by atoms with Gasteiger partial charge in [0, 0.05) is 5.69 Å². The molecule has 76 valence electrons. The van der Waals surface area contributed by atoms with E-state index in [0.717, 1.165) is 0 Å². The minimum atomic E-state index is -0.955. The number of anilines is 2. The highest BCUT2D eigenvalue weighted by Gasteiger charge is 2.03. The minimum Gasteiger partial charge on any atom is -0.478 e. The Hall–Kier alpha value is -2.30. The van der Waals surface area contributed by atoms with Crippen molar-refractivity contribution in [1.29, 1.82) is 0 Å². The molecule has 2 rings (SSSR count). The molecule has 2 N–H and O–H groups in total. The van der Waals surface area contributed by atoms with Gasteiger partial charge in [-0.25, -0.2) is 4.79 Å². The van der Waals surface area contributed by atoms with Gasteiger partial charge in [0.05, 0.1) is 17.4 Å². The predicted molar refractivity (Wildman–Crippen MR) is 53.2 cm³/mol. The summed E-state index contributed by atoms with van der Waals surface area (Å²) in [5.74, 6) is -0.955. The number of rotatable bonds is 3. The smallest absolute Gasteiger partial charge is 0.335 e.